The van der Waals surface area contributed by atoms with Gasteiger partial charge in [0.25, 0.3) is 5.91 Å². The summed E-state index contributed by atoms with van der Waals surface area (Å²) in [4.78, 5) is 12.4. The molecule has 0 bridgehead atoms. The molecule has 0 unspecified atom stereocenters. The lowest BCUT2D eigenvalue weighted by molar-refractivity contribution is 0.101. The van der Waals surface area contributed by atoms with Gasteiger partial charge < -0.3 is 9.84 Å². The molecule has 25 heavy (non-hydrogen) atoms. The number of sulfonamides is 1. The van der Waals surface area contributed by atoms with Crippen LogP contribution in [0.2, 0.25) is 0 Å². The molecule has 0 fully saturated rings. The predicted molar refractivity (Wildman–Crippen MR) is 94.8 cm³/mol. The van der Waals surface area contributed by atoms with E-state index in [9.17, 15) is 13.2 Å². The molecule has 1 amide bonds. The van der Waals surface area contributed by atoms with Crippen LogP contribution >= 0.6 is 0 Å². The molecule has 0 saturated heterocycles. The van der Waals surface area contributed by atoms with Crippen molar-refractivity contribution >= 4 is 27.3 Å². The Hall–Kier alpha value is -3.13. The third-order valence-corrected chi connectivity index (χ3v) is 3.86. The van der Waals surface area contributed by atoms with E-state index < -0.39 is 15.9 Å². The topological polar surface area (TPSA) is 101 Å². The summed E-state index contributed by atoms with van der Waals surface area (Å²) in [6.07, 6.45) is 1.04. The summed E-state index contributed by atoms with van der Waals surface area (Å²) in [5.41, 5.74) is 1.48. The number of hydrogen-bond donors (Lipinski definition) is 2. The minimum Gasteiger partial charge on any atom is -0.355 e. The molecule has 2 N–H and O–H groups in total. The molecule has 3 rings (SSSR count). The number of nitrogens with zero attached hydrogens (tertiary/aromatic N) is 1. The Morgan fingerprint density at radius 2 is 1.64 bits per heavy atom. The zero-order chi connectivity index (χ0) is 17.9. The molecule has 1 aromatic heterocycles. The highest BCUT2D eigenvalue weighted by Crippen LogP contribution is 2.24. The lowest BCUT2D eigenvalue weighted by Gasteiger charge is -2.10. The van der Waals surface area contributed by atoms with Crippen LogP contribution in [0, 0.1) is 0 Å². The second-order valence-corrected chi connectivity index (χ2v) is 7.06. The van der Waals surface area contributed by atoms with E-state index in [-0.39, 0.29) is 11.4 Å². The van der Waals surface area contributed by atoms with Crippen molar-refractivity contribution in [1.29, 1.82) is 0 Å². The lowest BCUT2D eigenvalue weighted by Crippen LogP contribution is -2.16. The van der Waals surface area contributed by atoms with Crippen LogP contribution in [0.5, 0.6) is 0 Å². The smallest absolute Gasteiger partial charge is 0.277 e. The van der Waals surface area contributed by atoms with Gasteiger partial charge in [-0.05, 0) is 12.1 Å². The van der Waals surface area contributed by atoms with Crippen molar-refractivity contribution in [2.45, 2.75) is 0 Å². The average Bonchev–Trinajstić information content (AvgIpc) is 3.06. The fraction of sp³-hybridized carbons (Fsp3) is 0.0588. The molecule has 0 radical (unpaired) electrons. The van der Waals surface area contributed by atoms with Gasteiger partial charge in [0.05, 0.1) is 17.6 Å². The van der Waals surface area contributed by atoms with E-state index in [1.54, 1.807) is 24.3 Å². The number of hydrogen-bond acceptors (Lipinski definition) is 5. The molecular formula is C17H15N3O4S. The van der Waals surface area contributed by atoms with Crippen molar-refractivity contribution in [3.63, 3.8) is 0 Å². The number of aromatic nitrogens is 1. The molecule has 128 valence electrons. The van der Waals surface area contributed by atoms with Crippen LogP contribution in [0.1, 0.15) is 10.5 Å². The number of rotatable bonds is 5. The van der Waals surface area contributed by atoms with Crippen molar-refractivity contribution < 1.29 is 17.7 Å². The molecule has 0 aliphatic heterocycles. The minimum atomic E-state index is -3.47. The second kappa shape index (κ2) is 6.78. The van der Waals surface area contributed by atoms with Gasteiger partial charge in [0.2, 0.25) is 10.0 Å². The summed E-state index contributed by atoms with van der Waals surface area (Å²) < 4.78 is 30.4. The first-order chi connectivity index (χ1) is 11.9. The van der Waals surface area contributed by atoms with E-state index in [0.717, 1.165) is 11.8 Å². The first-order valence-corrected chi connectivity index (χ1v) is 9.22. The Morgan fingerprint density at radius 3 is 2.32 bits per heavy atom. The van der Waals surface area contributed by atoms with Crippen LogP contribution in [0.4, 0.5) is 11.4 Å². The number of benzene rings is 2. The molecule has 0 saturated carbocycles. The van der Waals surface area contributed by atoms with Crippen LogP contribution in [0.3, 0.4) is 0 Å². The van der Waals surface area contributed by atoms with E-state index in [1.807, 2.05) is 30.3 Å². The molecule has 2 aromatic carbocycles. The van der Waals surface area contributed by atoms with Crippen LogP contribution in [0.25, 0.3) is 11.3 Å². The average molecular weight is 357 g/mol. The van der Waals surface area contributed by atoms with Crippen LogP contribution in [-0.2, 0) is 10.0 Å². The largest absolute Gasteiger partial charge is 0.355 e. The SMILES string of the molecule is CS(=O)(=O)Nc1ccccc1NC(=O)c1cc(-c2ccccc2)on1. The van der Waals surface area contributed by atoms with Crippen molar-refractivity contribution in [2.24, 2.45) is 0 Å². The van der Waals surface area contributed by atoms with Gasteiger partial charge in [0.1, 0.15) is 0 Å². The molecule has 1 heterocycles. The number of anilines is 2. The molecule has 0 aliphatic rings. The maximum absolute atomic E-state index is 12.4. The quantitative estimate of drug-likeness (QED) is 0.731. The molecule has 0 aliphatic carbocycles. The van der Waals surface area contributed by atoms with E-state index >= 15 is 0 Å². The van der Waals surface area contributed by atoms with Gasteiger partial charge in [-0.2, -0.15) is 0 Å². The maximum atomic E-state index is 12.4. The van der Waals surface area contributed by atoms with Crippen molar-refractivity contribution in [3.05, 3.63) is 66.4 Å². The summed E-state index contributed by atoms with van der Waals surface area (Å²) in [6.45, 7) is 0. The first kappa shape index (κ1) is 16.7. The normalized spacial score (nSPS) is 11.1. The molecule has 0 atom stereocenters. The zero-order valence-corrected chi connectivity index (χ0v) is 14.1. The number of para-hydroxylation sites is 2. The molecular weight excluding hydrogens is 342 g/mol. The summed E-state index contributed by atoms with van der Waals surface area (Å²) in [5, 5.41) is 6.39. The molecule has 8 heteroatoms. The van der Waals surface area contributed by atoms with Crippen LogP contribution < -0.4 is 10.0 Å². The Bertz CT molecular complexity index is 997. The Balaban J connectivity index is 1.81. The van der Waals surface area contributed by atoms with Gasteiger partial charge in [-0.25, -0.2) is 8.42 Å². The van der Waals surface area contributed by atoms with E-state index in [0.29, 0.717) is 11.4 Å². The Morgan fingerprint density at radius 1 is 1.00 bits per heavy atom. The van der Waals surface area contributed by atoms with Gasteiger partial charge >= 0.3 is 0 Å². The third kappa shape index (κ3) is 4.24. The van der Waals surface area contributed by atoms with Crippen LogP contribution in [-0.4, -0.2) is 25.7 Å². The van der Waals surface area contributed by atoms with E-state index in [1.165, 1.54) is 6.07 Å². The fourth-order valence-electron chi connectivity index (χ4n) is 2.19. The highest BCUT2D eigenvalue weighted by molar-refractivity contribution is 7.92. The van der Waals surface area contributed by atoms with Crippen LogP contribution in [0.15, 0.2) is 65.2 Å². The summed E-state index contributed by atoms with van der Waals surface area (Å²) in [7, 11) is -3.47. The highest BCUT2D eigenvalue weighted by atomic mass is 32.2. The molecule has 3 aromatic rings. The predicted octanol–water partition coefficient (Wildman–Crippen LogP) is 2.97. The fourth-order valence-corrected chi connectivity index (χ4v) is 2.77. The van der Waals surface area contributed by atoms with Crippen molar-refractivity contribution in [3.8, 4) is 11.3 Å². The number of carbonyl (C=O) groups excluding carboxylic acids is 1. The standard InChI is InChI=1S/C17H15N3O4S/c1-25(22,23)20-14-10-6-5-9-13(14)18-17(21)15-11-16(24-19-15)12-7-3-2-4-8-12/h2-11,20H,1H3,(H,18,21). The second-order valence-electron chi connectivity index (χ2n) is 5.32. The van der Waals surface area contributed by atoms with E-state index in [2.05, 4.69) is 15.2 Å². The Labute approximate surface area is 144 Å². The minimum absolute atomic E-state index is 0.0908. The van der Waals surface area contributed by atoms with E-state index in [4.69, 9.17) is 4.52 Å². The highest BCUT2D eigenvalue weighted by Gasteiger charge is 2.16. The van der Waals surface area contributed by atoms with Gasteiger partial charge in [-0.3, -0.25) is 9.52 Å². The number of nitrogens with one attached hydrogen (secondary N) is 2. The van der Waals surface area contributed by atoms with Crippen molar-refractivity contribution in [2.75, 3.05) is 16.3 Å². The molecule has 0 spiro atoms. The third-order valence-electron chi connectivity index (χ3n) is 3.27. The lowest BCUT2D eigenvalue weighted by atomic mass is 10.1. The Kier molecular flexibility index (Phi) is 4.53. The van der Waals surface area contributed by atoms with Gasteiger partial charge in [0.15, 0.2) is 11.5 Å². The van der Waals surface area contributed by atoms with Gasteiger partial charge in [-0.15, -0.1) is 0 Å². The summed E-state index contributed by atoms with van der Waals surface area (Å²) in [6, 6.07) is 17.3. The first-order valence-electron chi connectivity index (χ1n) is 7.33. The van der Waals surface area contributed by atoms with Crippen molar-refractivity contribution in [1.82, 2.24) is 5.16 Å². The summed E-state index contributed by atoms with van der Waals surface area (Å²) in [5.74, 6) is -0.0398. The zero-order valence-electron chi connectivity index (χ0n) is 13.3. The monoisotopic (exact) mass is 357 g/mol. The molecule has 7 nitrogen and oxygen atoms in total. The number of amides is 1. The maximum Gasteiger partial charge on any atom is 0.277 e. The number of carbonyl (C=O) groups is 1. The summed E-state index contributed by atoms with van der Waals surface area (Å²) >= 11 is 0. The van der Waals surface area contributed by atoms with Gasteiger partial charge in [-0.1, -0.05) is 47.6 Å². The van der Waals surface area contributed by atoms with Gasteiger partial charge in [0, 0.05) is 11.6 Å².